The van der Waals surface area contributed by atoms with E-state index in [4.69, 9.17) is 0 Å². The zero-order chi connectivity index (χ0) is 13.9. The van der Waals surface area contributed by atoms with E-state index in [0.717, 1.165) is 5.92 Å². The number of hydrogen-bond donors (Lipinski definition) is 1. The van der Waals surface area contributed by atoms with Gasteiger partial charge in [-0.15, -0.1) is 0 Å². The zero-order valence-corrected chi connectivity index (χ0v) is 12.5. The Morgan fingerprint density at radius 1 is 1.11 bits per heavy atom. The maximum absolute atomic E-state index is 9.44. The summed E-state index contributed by atoms with van der Waals surface area (Å²) in [6.07, 6.45) is 6.85. The highest BCUT2D eigenvalue weighted by atomic mass is 16.3. The Bertz CT molecular complexity index is 390. The highest BCUT2D eigenvalue weighted by Gasteiger charge is 2.23. The first-order valence-corrected chi connectivity index (χ1v) is 7.49. The molecule has 1 saturated carbocycles. The van der Waals surface area contributed by atoms with E-state index in [9.17, 15) is 5.11 Å². The summed E-state index contributed by atoms with van der Waals surface area (Å²) in [6, 6.07) is 8.94. The molecular weight excluding hydrogens is 234 g/mol. The Labute approximate surface area is 117 Å². The van der Waals surface area contributed by atoms with Crippen molar-refractivity contribution in [2.75, 3.05) is 18.6 Å². The second-order valence-electron chi connectivity index (χ2n) is 6.46. The van der Waals surface area contributed by atoms with Crippen molar-refractivity contribution < 1.29 is 5.11 Å². The summed E-state index contributed by atoms with van der Waals surface area (Å²) in [7, 11) is 2.05. The van der Waals surface area contributed by atoms with Crippen LogP contribution in [-0.4, -0.2) is 24.3 Å². The van der Waals surface area contributed by atoms with Crippen LogP contribution in [0.3, 0.4) is 0 Å². The molecular formula is C17H27NO. The zero-order valence-electron chi connectivity index (χ0n) is 12.5. The molecule has 2 nitrogen and oxygen atoms in total. The van der Waals surface area contributed by atoms with Gasteiger partial charge in [-0.1, -0.05) is 31.4 Å². The lowest BCUT2D eigenvalue weighted by atomic mass is 9.84. The third-order valence-electron chi connectivity index (χ3n) is 4.65. The van der Waals surface area contributed by atoms with Gasteiger partial charge in [-0.05, 0) is 50.3 Å². The number of aliphatic hydroxyl groups excluding tert-OH is 1. The van der Waals surface area contributed by atoms with Gasteiger partial charge in [-0.2, -0.15) is 0 Å². The molecule has 2 heteroatoms. The van der Waals surface area contributed by atoms with Crippen molar-refractivity contribution in [3.8, 4) is 0 Å². The normalized spacial score (nSPS) is 17.5. The molecule has 0 spiro atoms. The Morgan fingerprint density at radius 2 is 1.68 bits per heavy atom. The van der Waals surface area contributed by atoms with Gasteiger partial charge in [0.2, 0.25) is 0 Å². The van der Waals surface area contributed by atoms with Gasteiger partial charge in [-0.3, -0.25) is 0 Å². The number of benzene rings is 1. The van der Waals surface area contributed by atoms with Crippen molar-refractivity contribution in [2.45, 2.75) is 57.4 Å². The first-order valence-electron chi connectivity index (χ1n) is 7.49. The minimum absolute atomic E-state index is 0.161. The van der Waals surface area contributed by atoms with Crippen LogP contribution < -0.4 is 4.90 Å². The lowest BCUT2D eigenvalue weighted by Crippen LogP contribution is -2.44. The summed E-state index contributed by atoms with van der Waals surface area (Å²) >= 11 is 0. The molecule has 0 radical (unpaired) electrons. The summed E-state index contributed by atoms with van der Waals surface area (Å²) in [4.78, 5) is 2.15. The van der Waals surface area contributed by atoms with Crippen LogP contribution in [0.2, 0.25) is 0 Å². The Kier molecular flexibility index (Phi) is 4.51. The van der Waals surface area contributed by atoms with Crippen LogP contribution >= 0.6 is 0 Å². The van der Waals surface area contributed by atoms with E-state index in [1.54, 1.807) is 0 Å². The van der Waals surface area contributed by atoms with Crippen LogP contribution in [0, 0.1) is 0 Å². The maximum Gasteiger partial charge on any atom is 0.0658 e. The molecule has 0 atom stereocenters. The van der Waals surface area contributed by atoms with Crippen molar-refractivity contribution in [2.24, 2.45) is 0 Å². The fraction of sp³-hybridized carbons (Fsp3) is 0.647. The van der Waals surface area contributed by atoms with Gasteiger partial charge < -0.3 is 10.0 Å². The quantitative estimate of drug-likeness (QED) is 0.887. The van der Waals surface area contributed by atoms with Gasteiger partial charge in [-0.25, -0.2) is 0 Å². The number of aliphatic hydroxyl groups is 1. The summed E-state index contributed by atoms with van der Waals surface area (Å²) in [5, 5.41) is 9.44. The van der Waals surface area contributed by atoms with E-state index in [0.29, 0.717) is 0 Å². The largest absolute Gasteiger partial charge is 0.394 e. The molecule has 0 aromatic heterocycles. The fourth-order valence-corrected chi connectivity index (χ4v) is 2.86. The van der Waals surface area contributed by atoms with Crippen molar-refractivity contribution in [3.63, 3.8) is 0 Å². The number of rotatable bonds is 4. The van der Waals surface area contributed by atoms with Crippen molar-refractivity contribution in [3.05, 3.63) is 29.8 Å². The molecule has 2 rings (SSSR count). The molecule has 0 unspecified atom stereocenters. The number of hydrogen-bond acceptors (Lipinski definition) is 2. The third kappa shape index (κ3) is 3.30. The topological polar surface area (TPSA) is 23.5 Å². The van der Waals surface area contributed by atoms with Crippen LogP contribution in [0.1, 0.15) is 57.4 Å². The maximum atomic E-state index is 9.44. The highest BCUT2D eigenvalue weighted by molar-refractivity contribution is 5.49. The van der Waals surface area contributed by atoms with Crippen molar-refractivity contribution in [1.82, 2.24) is 0 Å². The highest BCUT2D eigenvalue weighted by Crippen LogP contribution is 2.33. The standard InChI is InChI=1S/C17H27NO/c1-17(2,13-19)18(3)16-11-9-15(10-12-16)14-7-5-4-6-8-14/h9-12,14,19H,4-8,13H2,1-3H3. The molecule has 0 aliphatic heterocycles. The molecule has 1 aliphatic rings. The van der Waals surface area contributed by atoms with Crippen LogP contribution in [0.25, 0.3) is 0 Å². The molecule has 0 amide bonds. The number of likely N-dealkylation sites (N-methyl/N-ethyl adjacent to an activating group) is 1. The van der Waals surface area contributed by atoms with Crippen molar-refractivity contribution in [1.29, 1.82) is 0 Å². The van der Waals surface area contributed by atoms with E-state index >= 15 is 0 Å². The predicted octanol–water partition coefficient (Wildman–Crippen LogP) is 3.94. The molecule has 1 fully saturated rings. The molecule has 19 heavy (non-hydrogen) atoms. The lowest BCUT2D eigenvalue weighted by molar-refractivity contribution is 0.216. The van der Waals surface area contributed by atoms with Crippen LogP contribution in [0.5, 0.6) is 0 Å². The van der Waals surface area contributed by atoms with Crippen LogP contribution in [0.15, 0.2) is 24.3 Å². The molecule has 0 heterocycles. The Balaban J connectivity index is 2.09. The van der Waals surface area contributed by atoms with Gasteiger partial charge in [0, 0.05) is 12.7 Å². The minimum Gasteiger partial charge on any atom is -0.394 e. The summed E-state index contributed by atoms with van der Waals surface area (Å²) < 4.78 is 0. The monoisotopic (exact) mass is 261 g/mol. The molecule has 1 N–H and O–H groups in total. The van der Waals surface area contributed by atoms with Crippen LogP contribution in [-0.2, 0) is 0 Å². The molecule has 0 saturated heterocycles. The van der Waals surface area contributed by atoms with Crippen LogP contribution in [0.4, 0.5) is 5.69 Å². The second kappa shape index (κ2) is 5.96. The van der Waals surface area contributed by atoms with E-state index in [-0.39, 0.29) is 12.1 Å². The molecule has 1 aromatic rings. The van der Waals surface area contributed by atoms with Gasteiger partial charge in [0.05, 0.1) is 12.1 Å². The fourth-order valence-electron chi connectivity index (χ4n) is 2.86. The van der Waals surface area contributed by atoms with Gasteiger partial charge in [0.1, 0.15) is 0 Å². The SMILES string of the molecule is CN(c1ccc(C2CCCCC2)cc1)C(C)(C)CO. The first kappa shape index (κ1) is 14.4. The lowest BCUT2D eigenvalue weighted by Gasteiger charge is -2.36. The Hall–Kier alpha value is -1.02. The van der Waals surface area contributed by atoms with E-state index in [1.165, 1.54) is 43.4 Å². The summed E-state index contributed by atoms with van der Waals surface area (Å²) in [5.74, 6) is 0.763. The Morgan fingerprint density at radius 3 is 2.21 bits per heavy atom. The van der Waals surface area contributed by atoms with E-state index < -0.39 is 0 Å². The van der Waals surface area contributed by atoms with Crippen molar-refractivity contribution >= 4 is 5.69 Å². The average Bonchev–Trinajstić information content (AvgIpc) is 2.47. The summed E-state index contributed by atoms with van der Waals surface area (Å²) in [5.41, 5.74) is 2.45. The van der Waals surface area contributed by atoms with Gasteiger partial charge >= 0.3 is 0 Å². The van der Waals surface area contributed by atoms with E-state index in [1.807, 2.05) is 7.05 Å². The summed E-state index contributed by atoms with van der Waals surface area (Å²) in [6.45, 7) is 4.28. The minimum atomic E-state index is -0.216. The predicted molar refractivity (Wildman–Crippen MR) is 81.8 cm³/mol. The van der Waals surface area contributed by atoms with E-state index in [2.05, 4.69) is 43.0 Å². The third-order valence-corrected chi connectivity index (χ3v) is 4.65. The second-order valence-corrected chi connectivity index (χ2v) is 6.46. The molecule has 1 aliphatic carbocycles. The molecule has 106 valence electrons. The van der Waals surface area contributed by atoms with Gasteiger partial charge in [0.25, 0.3) is 0 Å². The smallest absolute Gasteiger partial charge is 0.0658 e. The van der Waals surface area contributed by atoms with Gasteiger partial charge in [0.15, 0.2) is 0 Å². The number of nitrogens with zero attached hydrogens (tertiary/aromatic N) is 1. The average molecular weight is 261 g/mol. The first-order chi connectivity index (χ1) is 9.04. The molecule has 1 aromatic carbocycles. The molecule has 0 bridgehead atoms. The number of anilines is 1.